The van der Waals surface area contributed by atoms with Crippen molar-refractivity contribution in [1.82, 2.24) is 0 Å². The largest absolute Gasteiger partial charge is 0.397 e. The predicted octanol–water partition coefficient (Wildman–Crippen LogP) is 1.55. The van der Waals surface area contributed by atoms with E-state index < -0.39 is 0 Å². The third-order valence-corrected chi connectivity index (χ3v) is 1.93. The Morgan fingerprint density at radius 3 is 2.69 bits per heavy atom. The second kappa shape index (κ2) is 6.12. The van der Waals surface area contributed by atoms with Gasteiger partial charge in [-0.15, -0.1) is 0 Å². The van der Waals surface area contributed by atoms with Crippen molar-refractivity contribution in [2.45, 2.75) is 0 Å². The molecule has 1 aromatic rings. The Kier molecular flexibility index (Phi) is 5.94. The van der Waals surface area contributed by atoms with Gasteiger partial charge in [0.05, 0.1) is 18.0 Å². The van der Waals surface area contributed by atoms with E-state index >= 15 is 0 Å². The van der Waals surface area contributed by atoms with Gasteiger partial charge < -0.3 is 16.2 Å². The van der Waals surface area contributed by atoms with E-state index in [1.165, 1.54) is 0 Å². The summed E-state index contributed by atoms with van der Waals surface area (Å²) < 4.78 is 0.953. The molecule has 0 aromatic heterocycles. The van der Waals surface area contributed by atoms with E-state index in [0.29, 0.717) is 12.2 Å². The van der Waals surface area contributed by atoms with E-state index in [2.05, 4.69) is 21.2 Å². The summed E-state index contributed by atoms with van der Waals surface area (Å²) in [7, 11) is 0. The van der Waals surface area contributed by atoms with Crippen molar-refractivity contribution in [3.8, 4) is 0 Å². The maximum absolute atomic E-state index is 8.56. The molecular weight excluding hydrogens is 252 g/mol. The SMILES string of the molecule is Nc1cc(Br)ccc1NCCO.S. The van der Waals surface area contributed by atoms with Gasteiger partial charge in [-0.25, -0.2) is 0 Å². The second-order valence-electron chi connectivity index (χ2n) is 2.38. The molecule has 5 heteroatoms. The van der Waals surface area contributed by atoms with E-state index in [1.54, 1.807) is 0 Å². The first-order valence-electron chi connectivity index (χ1n) is 3.64. The highest BCUT2D eigenvalue weighted by Crippen LogP contribution is 2.22. The zero-order valence-electron chi connectivity index (χ0n) is 7.05. The molecule has 3 nitrogen and oxygen atoms in total. The van der Waals surface area contributed by atoms with Crippen molar-refractivity contribution in [2.75, 3.05) is 24.2 Å². The molecule has 74 valence electrons. The van der Waals surface area contributed by atoms with Crippen molar-refractivity contribution in [3.05, 3.63) is 22.7 Å². The molecule has 1 aromatic carbocycles. The van der Waals surface area contributed by atoms with Crippen LogP contribution in [0.5, 0.6) is 0 Å². The fraction of sp³-hybridized carbons (Fsp3) is 0.250. The minimum absolute atomic E-state index is 0. The molecule has 0 aliphatic heterocycles. The molecule has 0 spiro atoms. The average molecular weight is 265 g/mol. The van der Waals surface area contributed by atoms with Gasteiger partial charge in [-0.3, -0.25) is 0 Å². The maximum Gasteiger partial charge on any atom is 0.0604 e. The Bertz CT molecular complexity index is 270. The summed E-state index contributed by atoms with van der Waals surface area (Å²) in [4.78, 5) is 0. The number of benzene rings is 1. The number of aliphatic hydroxyl groups is 1. The quantitative estimate of drug-likeness (QED) is 0.727. The van der Waals surface area contributed by atoms with Crippen LogP contribution in [0.3, 0.4) is 0 Å². The molecule has 0 saturated heterocycles. The second-order valence-corrected chi connectivity index (χ2v) is 3.30. The van der Waals surface area contributed by atoms with E-state index in [0.717, 1.165) is 10.2 Å². The minimum atomic E-state index is 0. The normalized spacial score (nSPS) is 9.08. The van der Waals surface area contributed by atoms with Gasteiger partial charge in [0, 0.05) is 11.0 Å². The van der Waals surface area contributed by atoms with Crippen LogP contribution in [0, 0.1) is 0 Å². The minimum Gasteiger partial charge on any atom is -0.397 e. The van der Waals surface area contributed by atoms with Gasteiger partial charge in [0.1, 0.15) is 0 Å². The molecule has 0 aliphatic rings. The number of aliphatic hydroxyl groups excluding tert-OH is 1. The zero-order valence-corrected chi connectivity index (χ0v) is 9.63. The van der Waals surface area contributed by atoms with Gasteiger partial charge in [-0.1, -0.05) is 15.9 Å². The first-order valence-corrected chi connectivity index (χ1v) is 4.43. The maximum atomic E-state index is 8.56. The summed E-state index contributed by atoms with van der Waals surface area (Å²) in [5.41, 5.74) is 7.22. The van der Waals surface area contributed by atoms with Crippen molar-refractivity contribution < 1.29 is 5.11 Å². The van der Waals surface area contributed by atoms with E-state index in [1.807, 2.05) is 18.2 Å². The molecule has 4 N–H and O–H groups in total. The number of nitrogens with two attached hydrogens (primary N) is 1. The molecule has 13 heavy (non-hydrogen) atoms. The van der Waals surface area contributed by atoms with E-state index in [9.17, 15) is 0 Å². The first kappa shape index (κ1) is 12.6. The Balaban J connectivity index is 0.00000144. The lowest BCUT2D eigenvalue weighted by atomic mass is 10.3. The van der Waals surface area contributed by atoms with Crippen molar-refractivity contribution >= 4 is 40.8 Å². The molecule has 1 rings (SSSR count). The number of anilines is 2. The van der Waals surface area contributed by atoms with Crippen LogP contribution in [0.4, 0.5) is 11.4 Å². The summed E-state index contributed by atoms with van der Waals surface area (Å²) >= 11 is 3.31. The number of hydrogen-bond acceptors (Lipinski definition) is 3. The number of rotatable bonds is 3. The highest BCUT2D eigenvalue weighted by molar-refractivity contribution is 9.10. The molecule has 0 atom stereocenters. The van der Waals surface area contributed by atoms with Gasteiger partial charge in [0.2, 0.25) is 0 Å². The molecule has 0 fully saturated rings. The third-order valence-electron chi connectivity index (χ3n) is 1.44. The molecule has 0 radical (unpaired) electrons. The van der Waals surface area contributed by atoms with Crippen LogP contribution in [0.15, 0.2) is 22.7 Å². The van der Waals surface area contributed by atoms with Gasteiger partial charge >= 0.3 is 0 Å². The van der Waals surface area contributed by atoms with Gasteiger partial charge in [0.25, 0.3) is 0 Å². The van der Waals surface area contributed by atoms with Crippen molar-refractivity contribution in [3.63, 3.8) is 0 Å². The van der Waals surface area contributed by atoms with Crippen LogP contribution in [-0.4, -0.2) is 18.3 Å². The highest BCUT2D eigenvalue weighted by atomic mass is 79.9. The van der Waals surface area contributed by atoms with E-state index in [4.69, 9.17) is 10.8 Å². The summed E-state index contributed by atoms with van der Waals surface area (Å²) in [6.45, 7) is 0.626. The summed E-state index contributed by atoms with van der Waals surface area (Å²) in [5.74, 6) is 0. The van der Waals surface area contributed by atoms with Gasteiger partial charge in [-0.2, -0.15) is 13.5 Å². The smallest absolute Gasteiger partial charge is 0.0604 e. The van der Waals surface area contributed by atoms with Gasteiger partial charge in [-0.05, 0) is 18.2 Å². The summed E-state index contributed by atoms with van der Waals surface area (Å²) in [6, 6.07) is 5.59. The van der Waals surface area contributed by atoms with Crippen LogP contribution >= 0.6 is 29.4 Å². The van der Waals surface area contributed by atoms with Crippen LogP contribution < -0.4 is 11.1 Å². The molecular formula is C8H13BrN2OS. The lowest BCUT2D eigenvalue weighted by Crippen LogP contribution is -2.07. The summed E-state index contributed by atoms with van der Waals surface area (Å²) in [6.07, 6.45) is 0. The first-order chi connectivity index (χ1) is 5.74. The third kappa shape index (κ3) is 3.89. The molecule has 0 saturated carbocycles. The standard InChI is InChI=1S/C8H11BrN2O.H2S/c9-6-1-2-8(7(10)5-6)11-3-4-12;/h1-2,5,11-12H,3-4,10H2;1H2. The van der Waals surface area contributed by atoms with Crippen molar-refractivity contribution in [1.29, 1.82) is 0 Å². The summed E-state index contributed by atoms with van der Waals surface area (Å²) in [5, 5.41) is 11.6. The molecule has 0 unspecified atom stereocenters. The Morgan fingerprint density at radius 2 is 2.15 bits per heavy atom. The number of nitrogen functional groups attached to an aromatic ring is 1. The molecule has 0 bridgehead atoms. The number of halogens is 1. The Hall–Kier alpha value is -0.390. The number of hydrogen-bond donors (Lipinski definition) is 3. The molecule has 0 heterocycles. The Morgan fingerprint density at radius 1 is 1.46 bits per heavy atom. The zero-order chi connectivity index (χ0) is 8.97. The monoisotopic (exact) mass is 264 g/mol. The van der Waals surface area contributed by atoms with Crippen LogP contribution in [0.2, 0.25) is 0 Å². The topological polar surface area (TPSA) is 58.3 Å². The lowest BCUT2D eigenvalue weighted by molar-refractivity contribution is 0.311. The van der Waals surface area contributed by atoms with E-state index in [-0.39, 0.29) is 20.1 Å². The van der Waals surface area contributed by atoms with Gasteiger partial charge in [0.15, 0.2) is 0 Å². The lowest BCUT2D eigenvalue weighted by Gasteiger charge is -2.07. The predicted molar refractivity (Wildman–Crippen MR) is 64.5 cm³/mol. The van der Waals surface area contributed by atoms with Crippen LogP contribution in [0.25, 0.3) is 0 Å². The van der Waals surface area contributed by atoms with Crippen LogP contribution in [-0.2, 0) is 0 Å². The molecule has 0 aliphatic carbocycles. The van der Waals surface area contributed by atoms with Crippen LogP contribution in [0.1, 0.15) is 0 Å². The molecule has 0 amide bonds. The number of nitrogens with one attached hydrogen (secondary N) is 1. The van der Waals surface area contributed by atoms with Crippen molar-refractivity contribution in [2.24, 2.45) is 0 Å². The Labute approximate surface area is 92.9 Å². The fourth-order valence-corrected chi connectivity index (χ4v) is 1.26. The average Bonchev–Trinajstić information content (AvgIpc) is 2.03. The highest BCUT2D eigenvalue weighted by Gasteiger charge is 1.97. The fourth-order valence-electron chi connectivity index (χ4n) is 0.885.